The van der Waals surface area contributed by atoms with Gasteiger partial charge in [-0.15, -0.1) is 0 Å². The molecule has 2 heterocycles. The van der Waals surface area contributed by atoms with Gasteiger partial charge in [-0.3, -0.25) is 0 Å². The second kappa shape index (κ2) is 12.0. The highest BCUT2D eigenvalue weighted by molar-refractivity contribution is 7.92. The number of nitrogens with zero attached hydrogens (tertiary/aromatic N) is 3. The van der Waals surface area contributed by atoms with Gasteiger partial charge in [-0.2, -0.15) is 0 Å². The number of thiocarbonyl (C=S) groups is 1. The zero-order valence-electron chi connectivity index (χ0n) is 22.8. The molecule has 1 aliphatic heterocycles. The highest BCUT2D eigenvalue weighted by atomic mass is 32.2. The lowest BCUT2D eigenvalue weighted by Crippen LogP contribution is -2.47. The molecule has 1 saturated carbocycles. The fourth-order valence-corrected chi connectivity index (χ4v) is 7.53. The maximum Gasteiger partial charge on any atom is 0.171 e. The highest BCUT2D eigenvalue weighted by Gasteiger charge is 2.51. The van der Waals surface area contributed by atoms with Crippen LogP contribution in [0.15, 0.2) is 30.3 Å². The maximum absolute atomic E-state index is 13.5. The number of aliphatic hydroxyl groups is 2. The Hall–Kier alpha value is -2.38. The van der Waals surface area contributed by atoms with Crippen LogP contribution in [0.1, 0.15) is 52.1 Å². The van der Waals surface area contributed by atoms with E-state index in [0.717, 1.165) is 17.7 Å². The number of benzene rings is 1. The van der Waals surface area contributed by atoms with Gasteiger partial charge in [0.25, 0.3) is 0 Å². The first kappa shape index (κ1) is 29.6. The summed E-state index contributed by atoms with van der Waals surface area (Å²) in [4.78, 5) is 11.9. The lowest BCUT2D eigenvalue weighted by Gasteiger charge is -2.41. The number of ether oxygens (including phenoxy) is 1. The standard InChI is InChI=1S/C27H39N5O5S2/c1-19-17-37-14-12-32(19)23-16-22(27(10-4-11-27)39(35,36)15-5-13-33)29-24(30-23)20-6-8-21(9-7-20)28-25(38)31-26(2,3)18-34/h6-9,16,19,33-34H,4-5,10-15,17-18H2,1-3H3,(H2,28,31,38)/t19-/m0/s1. The van der Waals surface area contributed by atoms with Crippen LogP contribution in [0.2, 0.25) is 0 Å². The van der Waals surface area contributed by atoms with Gasteiger partial charge in [-0.1, -0.05) is 0 Å². The fraction of sp³-hybridized carbons (Fsp3) is 0.593. The molecular formula is C27H39N5O5S2. The normalized spacial score (nSPS) is 19.3. The number of aromatic nitrogens is 2. The summed E-state index contributed by atoms with van der Waals surface area (Å²) in [6, 6.07) is 9.40. The van der Waals surface area contributed by atoms with Crippen LogP contribution in [0, 0.1) is 0 Å². The first-order valence-corrected chi connectivity index (χ1v) is 15.4. The second-order valence-corrected chi connectivity index (χ2v) is 13.8. The molecule has 0 amide bonds. The van der Waals surface area contributed by atoms with Gasteiger partial charge >= 0.3 is 0 Å². The highest BCUT2D eigenvalue weighted by Crippen LogP contribution is 2.49. The molecule has 1 saturated heterocycles. The molecule has 4 N–H and O–H groups in total. The van der Waals surface area contributed by atoms with Gasteiger partial charge in [-0.25, -0.2) is 18.4 Å². The third-order valence-corrected chi connectivity index (χ3v) is 10.3. The van der Waals surface area contributed by atoms with Crippen LogP contribution < -0.4 is 15.5 Å². The minimum atomic E-state index is -3.54. The van der Waals surface area contributed by atoms with E-state index in [1.165, 1.54) is 0 Å². The van der Waals surface area contributed by atoms with E-state index in [1.54, 1.807) is 0 Å². The molecule has 1 aromatic carbocycles. The van der Waals surface area contributed by atoms with Gasteiger partial charge < -0.3 is 30.5 Å². The Morgan fingerprint density at radius 3 is 2.54 bits per heavy atom. The predicted molar refractivity (Wildman–Crippen MR) is 157 cm³/mol. The lowest BCUT2D eigenvalue weighted by molar-refractivity contribution is 0.0985. The van der Waals surface area contributed by atoms with E-state index in [4.69, 9.17) is 26.9 Å². The van der Waals surface area contributed by atoms with Crippen molar-refractivity contribution < 1.29 is 23.4 Å². The average molecular weight is 578 g/mol. The molecule has 1 atom stereocenters. The molecular weight excluding hydrogens is 538 g/mol. The summed E-state index contributed by atoms with van der Waals surface area (Å²) in [5.74, 6) is 1.07. The van der Waals surface area contributed by atoms with Crippen LogP contribution in [0.25, 0.3) is 11.4 Å². The van der Waals surface area contributed by atoms with Crippen molar-refractivity contribution in [3.8, 4) is 11.4 Å². The van der Waals surface area contributed by atoms with Crippen molar-refractivity contribution in [2.24, 2.45) is 0 Å². The number of sulfone groups is 1. The summed E-state index contributed by atoms with van der Waals surface area (Å²) in [6.45, 7) is 7.31. The predicted octanol–water partition coefficient (Wildman–Crippen LogP) is 2.60. The van der Waals surface area contributed by atoms with E-state index in [1.807, 2.05) is 44.2 Å². The van der Waals surface area contributed by atoms with E-state index in [9.17, 15) is 18.6 Å². The Labute approximate surface area is 236 Å². The first-order chi connectivity index (χ1) is 18.5. The summed E-state index contributed by atoms with van der Waals surface area (Å²) in [6.07, 6.45) is 2.03. The second-order valence-electron chi connectivity index (χ2n) is 11.0. The summed E-state index contributed by atoms with van der Waals surface area (Å²) in [5.41, 5.74) is 1.47. The van der Waals surface area contributed by atoms with E-state index in [-0.39, 0.29) is 31.4 Å². The van der Waals surface area contributed by atoms with Crippen molar-refractivity contribution in [2.45, 2.75) is 62.8 Å². The zero-order valence-corrected chi connectivity index (χ0v) is 24.4. The smallest absolute Gasteiger partial charge is 0.171 e. The molecule has 10 nitrogen and oxygen atoms in total. The molecule has 4 rings (SSSR count). The Morgan fingerprint density at radius 1 is 1.23 bits per heavy atom. The Kier molecular flexibility index (Phi) is 9.12. The van der Waals surface area contributed by atoms with Crippen LogP contribution in [-0.2, 0) is 19.3 Å². The summed E-state index contributed by atoms with van der Waals surface area (Å²) < 4.78 is 31.6. The molecule has 0 unspecified atom stereocenters. The Balaban J connectivity index is 1.69. The molecule has 1 aliphatic carbocycles. The zero-order chi connectivity index (χ0) is 28.3. The average Bonchev–Trinajstić information content (AvgIpc) is 2.87. The topological polar surface area (TPSA) is 137 Å². The van der Waals surface area contributed by atoms with Crippen molar-refractivity contribution in [1.82, 2.24) is 15.3 Å². The largest absolute Gasteiger partial charge is 0.396 e. The number of anilines is 2. The Bertz CT molecular complexity index is 1270. The Morgan fingerprint density at radius 2 is 1.95 bits per heavy atom. The number of morpholine rings is 1. The van der Waals surface area contributed by atoms with E-state index >= 15 is 0 Å². The van der Waals surface area contributed by atoms with E-state index < -0.39 is 20.1 Å². The molecule has 1 aromatic heterocycles. The van der Waals surface area contributed by atoms with Crippen molar-refractivity contribution in [2.75, 3.05) is 48.9 Å². The lowest BCUT2D eigenvalue weighted by atomic mass is 9.81. The van der Waals surface area contributed by atoms with Crippen LogP contribution in [0.3, 0.4) is 0 Å². The van der Waals surface area contributed by atoms with Crippen LogP contribution in [0.4, 0.5) is 11.5 Å². The van der Waals surface area contributed by atoms with Gasteiger partial charge in [0.15, 0.2) is 20.8 Å². The van der Waals surface area contributed by atoms with Crippen molar-refractivity contribution >= 4 is 38.7 Å². The van der Waals surface area contributed by atoms with E-state index in [2.05, 4.69) is 22.5 Å². The molecule has 0 radical (unpaired) electrons. The van der Waals surface area contributed by atoms with Crippen LogP contribution >= 0.6 is 12.2 Å². The quantitative estimate of drug-likeness (QED) is 0.310. The molecule has 39 heavy (non-hydrogen) atoms. The van der Waals surface area contributed by atoms with Gasteiger partial charge in [-0.05, 0) is 82.9 Å². The van der Waals surface area contributed by atoms with Gasteiger partial charge in [0, 0.05) is 30.5 Å². The molecule has 214 valence electrons. The van der Waals surface area contributed by atoms with E-state index in [0.29, 0.717) is 55.0 Å². The number of hydrogen-bond acceptors (Lipinski definition) is 9. The number of rotatable bonds is 10. The third-order valence-electron chi connectivity index (χ3n) is 7.42. The summed E-state index contributed by atoms with van der Waals surface area (Å²) >= 11 is 5.37. The number of aliphatic hydroxyl groups excluding tert-OH is 2. The van der Waals surface area contributed by atoms with Crippen LogP contribution in [-0.4, -0.2) is 84.0 Å². The minimum Gasteiger partial charge on any atom is -0.396 e. The monoisotopic (exact) mass is 577 g/mol. The van der Waals surface area contributed by atoms with Gasteiger partial charge in [0.1, 0.15) is 10.6 Å². The maximum atomic E-state index is 13.5. The molecule has 0 spiro atoms. The molecule has 2 aliphatic rings. The van der Waals surface area contributed by atoms with Crippen molar-refractivity contribution in [1.29, 1.82) is 0 Å². The fourth-order valence-electron chi connectivity index (χ4n) is 4.90. The molecule has 12 heteroatoms. The van der Waals surface area contributed by atoms with Gasteiger partial charge in [0.2, 0.25) is 0 Å². The molecule has 2 aromatic rings. The third kappa shape index (κ3) is 6.51. The van der Waals surface area contributed by atoms with Crippen molar-refractivity contribution in [3.63, 3.8) is 0 Å². The summed E-state index contributed by atoms with van der Waals surface area (Å²) in [7, 11) is -3.54. The SMILES string of the molecule is C[C@H]1COCCN1c1cc(C2(S(=O)(=O)CCCO)CCC2)nc(-c2ccc(NC(=S)NC(C)(C)CO)cc2)n1. The first-order valence-electron chi connectivity index (χ1n) is 13.4. The molecule has 0 bridgehead atoms. The minimum absolute atomic E-state index is 0.0667. The summed E-state index contributed by atoms with van der Waals surface area (Å²) in [5, 5.41) is 25.4. The van der Waals surface area contributed by atoms with Crippen LogP contribution in [0.5, 0.6) is 0 Å². The van der Waals surface area contributed by atoms with Crippen molar-refractivity contribution in [3.05, 3.63) is 36.0 Å². The molecule has 2 fully saturated rings. The van der Waals surface area contributed by atoms with Gasteiger partial charge in [0.05, 0.1) is 42.8 Å². The number of nitrogens with one attached hydrogen (secondary N) is 2. The number of hydrogen-bond donors (Lipinski definition) is 4.